The lowest BCUT2D eigenvalue weighted by atomic mass is 9.98. The number of anilines is 2. The fraction of sp³-hybridized carbons (Fsp3) is 0.423. The topological polar surface area (TPSA) is 58.4 Å². The van der Waals surface area contributed by atoms with Gasteiger partial charge in [0.1, 0.15) is 5.00 Å². The van der Waals surface area contributed by atoms with Gasteiger partial charge in [0.15, 0.2) is 5.65 Å². The predicted octanol–water partition coefficient (Wildman–Crippen LogP) is 7.13. The summed E-state index contributed by atoms with van der Waals surface area (Å²) < 4.78 is 44.3. The first-order chi connectivity index (χ1) is 17.7. The Morgan fingerprint density at radius 1 is 1.19 bits per heavy atom. The molecule has 1 N–H and O–H groups in total. The highest BCUT2D eigenvalue weighted by atomic mass is 32.2. The molecule has 0 unspecified atom stereocenters. The minimum atomic E-state index is -4.31. The third kappa shape index (κ3) is 5.87. The average Bonchev–Trinajstić information content (AvgIpc) is 3.56. The number of hydrogen-bond donors (Lipinski definition) is 1. The summed E-state index contributed by atoms with van der Waals surface area (Å²) in [5.41, 5.74) is -0.981. The molecule has 1 saturated carbocycles. The summed E-state index contributed by atoms with van der Waals surface area (Å²) in [4.78, 5) is 7.35. The quantitative estimate of drug-likeness (QED) is 0.237. The van der Waals surface area contributed by atoms with E-state index in [9.17, 15) is 13.2 Å². The number of benzene rings is 1. The molecule has 1 fully saturated rings. The first kappa shape index (κ1) is 25.8. The van der Waals surface area contributed by atoms with Gasteiger partial charge in [0.05, 0.1) is 5.69 Å². The number of fused-ring (bicyclic) bond motifs is 1. The van der Waals surface area contributed by atoms with Crippen molar-refractivity contribution in [3.63, 3.8) is 0 Å². The van der Waals surface area contributed by atoms with E-state index < -0.39 is 5.51 Å². The molecule has 0 saturated heterocycles. The van der Waals surface area contributed by atoms with Gasteiger partial charge in [0.2, 0.25) is 5.95 Å². The zero-order valence-electron chi connectivity index (χ0n) is 20.9. The summed E-state index contributed by atoms with van der Waals surface area (Å²) >= 11 is 1.43. The molecule has 0 bridgehead atoms. The van der Waals surface area contributed by atoms with E-state index in [4.69, 9.17) is 4.98 Å². The van der Waals surface area contributed by atoms with Crippen LogP contribution < -0.4 is 10.2 Å². The fourth-order valence-electron chi connectivity index (χ4n) is 5.10. The largest absolute Gasteiger partial charge is 0.446 e. The second-order valence-electron chi connectivity index (χ2n) is 9.53. The van der Waals surface area contributed by atoms with Crippen LogP contribution in [0.1, 0.15) is 32.4 Å². The van der Waals surface area contributed by atoms with Crippen LogP contribution in [0.3, 0.4) is 0 Å². The van der Waals surface area contributed by atoms with Crippen molar-refractivity contribution in [3.8, 4) is 11.1 Å². The number of thioether (sulfide) groups is 1. The van der Waals surface area contributed by atoms with Gasteiger partial charge < -0.3 is 10.2 Å². The van der Waals surface area contributed by atoms with Crippen LogP contribution in [0.4, 0.5) is 24.1 Å². The zero-order chi connectivity index (χ0) is 26.2. The standard InChI is InChI=1S/C26H29F3N6S2/c1-4-34(22-14-17(3)33-37-22)15-19-8-7-16(2)23(19)30-25-31-24-21(6-5-13-35(24)32-25)18-9-11-20(12-10-18)36-26(27,28)29/h5-6,9-14,16,19,23H,4,7-8,15H2,1-3H3,(H,30,32)/t16-,19-,23+/m0/s1. The van der Waals surface area contributed by atoms with Gasteiger partial charge in [0, 0.05) is 35.8 Å². The van der Waals surface area contributed by atoms with Crippen molar-refractivity contribution in [2.45, 2.75) is 50.1 Å². The highest BCUT2D eigenvalue weighted by molar-refractivity contribution is 8.00. The van der Waals surface area contributed by atoms with E-state index in [0.29, 0.717) is 23.4 Å². The van der Waals surface area contributed by atoms with Gasteiger partial charge in [-0.3, -0.25) is 0 Å². The van der Waals surface area contributed by atoms with E-state index in [1.165, 1.54) is 17.1 Å². The van der Waals surface area contributed by atoms with E-state index in [-0.39, 0.29) is 22.7 Å². The lowest BCUT2D eigenvalue weighted by Crippen LogP contribution is -2.38. The molecule has 3 aromatic heterocycles. The number of hydrogen-bond acceptors (Lipinski definition) is 7. The maximum atomic E-state index is 12.7. The Morgan fingerprint density at radius 3 is 2.65 bits per heavy atom. The second kappa shape index (κ2) is 10.5. The minimum Gasteiger partial charge on any atom is -0.362 e. The number of halogens is 3. The Kier molecular flexibility index (Phi) is 7.35. The van der Waals surface area contributed by atoms with E-state index in [1.54, 1.807) is 28.2 Å². The van der Waals surface area contributed by atoms with Gasteiger partial charge in [-0.2, -0.15) is 22.5 Å². The second-order valence-corrected chi connectivity index (χ2v) is 11.4. The number of pyridine rings is 1. The summed E-state index contributed by atoms with van der Waals surface area (Å²) in [6, 6.07) is 12.5. The van der Waals surface area contributed by atoms with E-state index in [1.807, 2.05) is 25.3 Å². The minimum absolute atomic E-state index is 0.114. The Labute approximate surface area is 222 Å². The molecule has 37 heavy (non-hydrogen) atoms. The molecule has 0 amide bonds. The number of aryl methyl sites for hydroxylation is 1. The van der Waals surface area contributed by atoms with E-state index in [2.05, 4.69) is 39.6 Å². The van der Waals surface area contributed by atoms with Crippen molar-refractivity contribution >= 4 is 39.9 Å². The van der Waals surface area contributed by atoms with Crippen LogP contribution in [0, 0.1) is 18.8 Å². The lowest BCUT2D eigenvalue weighted by Gasteiger charge is -2.29. The van der Waals surface area contributed by atoms with Gasteiger partial charge in [0.25, 0.3) is 0 Å². The first-order valence-corrected chi connectivity index (χ1v) is 14.0. The van der Waals surface area contributed by atoms with Crippen molar-refractivity contribution in [1.29, 1.82) is 0 Å². The van der Waals surface area contributed by atoms with Crippen molar-refractivity contribution in [2.75, 3.05) is 23.3 Å². The molecular weight excluding hydrogens is 517 g/mol. The highest BCUT2D eigenvalue weighted by Gasteiger charge is 2.35. The summed E-state index contributed by atoms with van der Waals surface area (Å²) in [6.45, 7) is 8.34. The van der Waals surface area contributed by atoms with E-state index >= 15 is 0 Å². The van der Waals surface area contributed by atoms with Gasteiger partial charge >= 0.3 is 5.51 Å². The number of rotatable bonds is 8. The smallest absolute Gasteiger partial charge is 0.362 e. The molecule has 0 radical (unpaired) electrons. The van der Waals surface area contributed by atoms with Crippen molar-refractivity contribution in [2.24, 2.45) is 11.8 Å². The van der Waals surface area contributed by atoms with Crippen molar-refractivity contribution < 1.29 is 13.2 Å². The number of alkyl halides is 3. The molecule has 1 aliphatic rings. The summed E-state index contributed by atoms with van der Waals surface area (Å²) in [6.07, 6.45) is 4.11. The molecule has 4 aromatic rings. The van der Waals surface area contributed by atoms with Crippen LogP contribution in [0.5, 0.6) is 0 Å². The predicted molar refractivity (Wildman–Crippen MR) is 144 cm³/mol. The Hall–Kier alpha value is -2.79. The zero-order valence-corrected chi connectivity index (χ0v) is 22.5. The van der Waals surface area contributed by atoms with Crippen LogP contribution >= 0.6 is 23.3 Å². The number of nitrogens with zero attached hydrogens (tertiary/aromatic N) is 5. The molecule has 11 heteroatoms. The van der Waals surface area contributed by atoms with Gasteiger partial charge in [-0.1, -0.05) is 19.1 Å². The SMILES string of the molecule is CCN(C[C@@H]1CC[C@H](C)[C@H]1Nc1nc2c(-c3ccc(SC(F)(F)F)cc3)cccn2n1)c1cc(C)ns1. The Balaban J connectivity index is 1.35. The average molecular weight is 547 g/mol. The maximum Gasteiger partial charge on any atom is 0.446 e. The molecular formula is C26H29F3N6S2. The van der Waals surface area contributed by atoms with Crippen LogP contribution in [0.2, 0.25) is 0 Å². The van der Waals surface area contributed by atoms with Gasteiger partial charge in [-0.25, -0.2) is 4.52 Å². The third-order valence-electron chi connectivity index (χ3n) is 6.93. The molecule has 196 valence electrons. The monoisotopic (exact) mass is 546 g/mol. The molecule has 3 heterocycles. The number of nitrogens with one attached hydrogen (secondary N) is 1. The normalized spacial score (nSPS) is 20.0. The number of aromatic nitrogens is 4. The van der Waals surface area contributed by atoms with Gasteiger partial charge in [-0.15, -0.1) is 5.10 Å². The summed E-state index contributed by atoms with van der Waals surface area (Å²) in [5.74, 6) is 1.50. The molecule has 0 aliphatic heterocycles. The first-order valence-electron chi connectivity index (χ1n) is 12.4. The van der Waals surface area contributed by atoms with Crippen LogP contribution in [0.15, 0.2) is 53.6 Å². The van der Waals surface area contributed by atoms with E-state index in [0.717, 1.165) is 42.8 Å². The highest BCUT2D eigenvalue weighted by Crippen LogP contribution is 2.38. The fourth-order valence-corrected chi connectivity index (χ4v) is 6.47. The van der Waals surface area contributed by atoms with Gasteiger partial charge in [-0.05, 0) is 97.7 Å². The molecule has 1 aromatic carbocycles. The van der Waals surface area contributed by atoms with Crippen LogP contribution in [0.25, 0.3) is 16.8 Å². The Morgan fingerprint density at radius 2 is 1.97 bits per heavy atom. The van der Waals surface area contributed by atoms with Crippen LogP contribution in [-0.4, -0.2) is 43.6 Å². The maximum absolute atomic E-state index is 12.7. The third-order valence-corrected chi connectivity index (χ3v) is 8.62. The molecule has 1 aliphatic carbocycles. The molecule has 5 rings (SSSR count). The van der Waals surface area contributed by atoms with Crippen molar-refractivity contribution in [3.05, 3.63) is 54.4 Å². The summed E-state index contributed by atoms with van der Waals surface area (Å²) in [5, 5.41) is 9.50. The molecule has 0 spiro atoms. The van der Waals surface area contributed by atoms with Crippen LogP contribution in [-0.2, 0) is 0 Å². The Bertz CT molecular complexity index is 1350. The molecule has 3 atom stereocenters. The summed E-state index contributed by atoms with van der Waals surface area (Å²) in [7, 11) is 0. The lowest BCUT2D eigenvalue weighted by molar-refractivity contribution is -0.0328. The molecule has 6 nitrogen and oxygen atoms in total. The van der Waals surface area contributed by atoms with Crippen molar-refractivity contribution in [1.82, 2.24) is 19.0 Å².